The predicted octanol–water partition coefficient (Wildman–Crippen LogP) is -0.210. The molecule has 2 rings (SSSR count). The van der Waals surface area contributed by atoms with Crippen molar-refractivity contribution in [3.63, 3.8) is 0 Å². The van der Waals surface area contributed by atoms with Crippen LogP contribution in [-0.2, 0) is 0 Å². The predicted molar refractivity (Wildman–Crippen MR) is 54.8 cm³/mol. The number of aliphatic hydroxyl groups is 1. The van der Waals surface area contributed by atoms with Gasteiger partial charge in [-0.3, -0.25) is 14.3 Å². The van der Waals surface area contributed by atoms with Crippen molar-refractivity contribution >= 4 is 0 Å². The zero-order chi connectivity index (χ0) is 10.8. The molecule has 5 heteroatoms. The van der Waals surface area contributed by atoms with Crippen molar-refractivity contribution in [1.29, 1.82) is 0 Å². The lowest BCUT2D eigenvalue weighted by atomic mass is 10.1. The van der Waals surface area contributed by atoms with Crippen LogP contribution in [0.2, 0.25) is 0 Å². The fourth-order valence-corrected chi connectivity index (χ4v) is 1.91. The highest BCUT2D eigenvalue weighted by atomic mass is 16.3. The molecular formula is C10H12N2O3. The van der Waals surface area contributed by atoms with Gasteiger partial charge in [-0.05, 0) is 18.4 Å². The molecule has 1 unspecified atom stereocenters. The Morgan fingerprint density at radius 3 is 3.00 bits per heavy atom. The Balaban J connectivity index is 2.42. The van der Waals surface area contributed by atoms with Gasteiger partial charge in [0.25, 0.3) is 5.56 Å². The number of aromatic amines is 1. The van der Waals surface area contributed by atoms with Crippen LogP contribution in [0.25, 0.3) is 0 Å². The van der Waals surface area contributed by atoms with Gasteiger partial charge in [0.1, 0.15) is 0 Å². The van der Waals surface area contributed by atoms with E-state index >= 15 is 0 Å². The minimum absolute atomic E-state index is 0.0454. The van der Waals surface area contributed by atoms with Gasteiger partial charge < -0.3 is 5.11 Å². The second-order valence-corrected chi connectivity index (χ2v) is 3.55. The topological polar surface area (TPSA) is 75.1 Å². The number of rotatable bonds is 2. The van der Waals surface area contributed by atoms with Crippen LogP contribution >= 0.6 is 0 Å². The molecule has 0 spiro atoms. The summed E-state index contributed by atoms with van der Waals surface area (Å²) in [6.07, 6.45) is 5.05. The summed E-state index contributed by atoms with van der Waals surface area (Å²) >= 11 is 0. The van der Waals surface area contributed by atoms with E-state index < -0.39 is 11.2 Å². The van der Waals surface area contributed by atoms with Gasteiger partial charge in [-0.1, -0.05) is 6.08 Å². The first-order valence-electron chi connectivity index (χ1n) is 4.83. The molecule has 0 saturated carbocycles. The van der Waals surface area contributed by atoms with Gasteiger partial charge >= 0.3 is 5.69 Å². The Labute approximate surface area is 85.7 Å². The third-order valence-electron chi connectivity index (χ3n) is 2.64. The molecule has 1 aliphatic carbocycles. The summed E-state index contributed by atoms with van der Waals surface area (Å²) in [5.74, 6) is 0. The molecule has 1 aromatic rings. The molecule has 0 aromatic carbocycles. The van der Waals surface area contributed by atoms with E-state index in [9.17, 15) is 9.59 Å². The van der Waals surface area contributed by atoms with Crippen molar-refractivity contribution in [3.05, 3.63) is 44.8 Å². The van der Waals surface area contributed by atoms with E-state index in [-0.39, 0.29) is 12.6 Å². The van der Waals surface area contributed by atoms with E-state index in [1.165, 1.54) is 16.8 Å². The van der Waals surface area contributed by atoms with E-state index in [0.717, 1.165) is 18.4 Å². The Bertz CT molecular complexity index is 498. The van der Waals surface area contributed by atoms with Crippen LogP contribution in [0.4, 0.5) is 0 Å². The van der Waals surface area contributed by atoms with Crippen molar-refractivity contribution in [1.82, 2.24) is 9.55 Å². The summed E-state index contributed by atoms with van der Waals surface area (Å²) in [5, 5.41) is 9.09. The molecule has 1 aliphatic rings. The smallest absolute Gasteiger partial charge is 0.328 e. The van der Waals surface area contributed by atoms with Crippen LogP contribution in [0.15, 0.2) is 33.5 Å². The number of H-pyrrole nitrogens is 1. The molecule has 1 aromatic heterocycles. The van der Waals surface area contributed by atoms with Crippen LogP contribution < -0.4 is 11.2 Å². The normalized spacial score (nSPS) is 20.3. The van der Waals surface area contributed by atoms with E-state index in [1.54, 1.807) is 0 Å². The lowest BCUT2D eigenvalue weighted by Crippen LogP contribution is -2.31. The first-order chi connectivity index (χ1) is 7.22. The lowest BCUT2D eigenvalue weighted by molar-refractivity contribution is 0.313. The lowest BCUT2D eigenvalue weighted by Gasteiger charge is -2.15. The van der Waals surface area contributed by atoms with Crippen molar-refractivity contribution in [2.24, 2.45) is 0 Å². The molecule has 0 aliphatic heterocycles. The van der Waals surface area contributed by atoms with E-state index in [1.807, 2.05) is 6.08 Å². The minimum Gasteiger partial charge on any atom is -0.392 e. The Hall–Kier alpha value is -1.62. The maximum Gasteiger partial charge on any atom is 0.328 e. The molecule has 0 bridgehead atoms. The maximum atomic E-state index is 11.5. The fourth-order valence-electron chi connectivity index (χ4n) is 1.91. The van der Waals surface area contributed by atoms with Crippen molar-refractivity contribution in [2.75, 3.05) is 6.61 Å². The Kier molecular flexibility index (Phi) is 2.55. The van der Waals surface area contributed by atoms with Gasteiger partial charge in [-0.15, -0.1) is 0 Å². The van der Waals surface area contributed by atoms with Crippen LogP contribution in [0.3, 0.4) is 0 Å². The number of aliphatic hydroxyl groups excluding tert-OH is 1. The average Bonchev–Trinajstić information content (AvgIpc) is 2.65. The molecule has 1 heterocycles. The second kappa shape index (κ2) is 3.86. The van der Waals surface area contributed by atoms with Crippen molar-refractivity contribution in [3.8, 4) is 0 Å². The molecule has 2 N–H and O–H groups in total. The average molecular weight is 208 g/mol. The Morgan fingerprint density at radius 2 is 2.33 bits per heavy atom. The van der Waals surface area contributed by atoms with E-state index in [4.69, 9.17) is 5.11 Å². The SMILES string of the molecule is O=c1ccn(C2CCC=C2CO)c(=O)[nH]1. The van der Waals surface area contributed by atoms with Gasteiger partial charge in [-0.2, -0.15) is 0 Å². The second-order valence-electron chi connectivity index (χ2n) is 3.55. The molecule has 5 nitrogen and oxygen atoms in total. The number of hydrogen-bond donors (Lipinski definition) is 2. The highest BCUT2D eigenvalue weighted by Crippen LogP contribution is 2.28. The molecular weight excluding hydrogens is 196 g/mol. The maximum absolute atomic E-state index is 11.5. The number of nitrogens with one attached hydrogen (secondary N) is 1. The van der Waals surface area contributed by atoms with Crippen molar-refractivity contribution in [2.45, 2.75) is 18.9 Å². The number of hydrogen-bond acceptors (Lipinski definition) is 3. The van der Waals surface area contributed by atoms with Gasteiger partial charge in [0.2, 0.25) is 0 Å². The molecule has 15 heavy (non-hydrogen) atoms. The van der Waals surface area contributed by atoms with E-state index in [0.29, 0.717) is 0 Å². The highest BCUT2D eigenvalue weighted by Gasteiger charge is 2.20. The summed E-state index contributed by atoms with van der Waals surface area (Å²) in [6.45, 7) is -0.0454. The fraction of sp³-hybridized carbons (Fsp3) is 0.400. The molecule has 0 radical (unpaired) electrons. The summed E-state index contributed by atoms with van der Waals surface area (Å²) in [6, 6.07) is 1.20. The quantitative estimate of drug-likeness (QED) is 0.660. The zero-order valence-electron chi connectivity index (χ0n) is 8.14. The van der Waals surface area contributed by atoms with Crippen LogP contribution in [0, 0.1) is 0 Å². The summed E-state index contributed by atoms with van der Waals surface area (Å²) in [4.78, 5) is 24.6. The standard InChI is InChI=1S/C10H12N2O3/c13-6-7-2-1-3-8(7)12-5-4-9(14)11-10(12)15/h2,4-5,8,13H,1,3,6H2,(H,11,14,15). The number of allylic oxidation sites excluding steroid dienone is 1. The van der Waals surface area contributed by atoms with Crippen LogP contribution in [-0.4, -0.2) is 21.3 Å². The van der Waals surface area contributed by atoms with Gasteiger partial charge in [-0.25, -0.2) is 4.79 Å². The first-order valence-corrected chi connectivity index (χ1v) is 4.83. The third-order valence-corrected chi connectivity index (χ3v) is 2.64. The van der Waals surface area contributed by atoms with Crippen molar-refractivity contribution < 1.29 is 5.11 Å². The largest absolute Gasteiger partial charge is 0.392 e. The Morgan fingerprint density at radius 1 is 1.53 bits per heavy atom. The highest BCUT2D eigenvalue weighted by molar-refractivity contribution is 5.16. The first kappa shape index (κ1) is 9.92. The zero-order valence-corrected chi connectivity index (χ0v) is 8.14. The third kappa shape index (κ3) is 1.78. The van der Waals surface area contributed by atoms with Crippen LogP contribution in [0.1, 0.15) is 18.9 Å². The van der Waals surface area contributed by atoms with E-state index in [2.05, 4.69) is 4.98 Å². The molecule has 0 amide bonds. The molecule has 1 atom stereocenters. The number of nitrogens with zero attached hydrogens (tertiary/aromatic N) is 1. The summed E-state index contributed by atoms with van der Waals surface area (Å²) in [5.41, 5.74) is 0.0154. The summed E-state index contributed by atoms with van der Waals surface area (Å²) in [7, 11) is 0. The van der Waals surface area contributed by atoms with Gasteiger partial charge in [0, 0.05) is 12.3 Å². The van der Waals surface area contributed by atoms with Gasteiger partial charge in [0.15, 0.2) is 0 Å². The van der Waals surface area contributed by atoms with Gasteiger partial charge in [0.05, 0.1) is 12.6 Å². The molecule has 80 valence electrons. The summed E-state index contributed by atoms with van der Waals surface area (Å²) < 4.78 is 1.45. The van der Waals surface area contributed by atoms with Crippen LogP contribution in [0.5, 0.6) is 0 Å². The molecule has 0 saturated heterocycles. The number of aromatic nitrogens is 2. The minimum atomic E-state index is -0.422. The molecule has 0 fully saturated rings. The monoisotopic (exact) mass is 208 g/mol.